The summed E-state index contributed by atoms with van der Waals surface area (Å²) in [5.41, 5.74) is 0.273. The number of benzene rings is 1. The molecule has 1 aromatic heterocycles. The van der Waals surface area contributed by atoms with Crippen molar-refractivity contribution in [2.45, 2.75) is 11.2 Å². The highest BCUT2D eigenvalue weighted by Gasteiger charge is 2.59. The second-order valence-electron chi connectivity index (χ2n) is 6.06. The summed E-state index contributed by atoms with van der Waals surface area (Å²) in [6.45, 7) is 0. The predicted octanol–water partition coefficient (Wildman–Crippen LogP) is 2.92. The third-order valence-electron chi connectivity index (χ3n) is 4.67. The highest BCUT2D eigenvalue weighted by Crippen LogP contribution is 2.50. The van der Waals surface area contributed by atoms with Gasteiger partial charge in [-0.3, -0.25) is 15.0 Å². The number of hydrogen-bond donors (Lipinski definition) is 1. The van der Waals surface area contributed by atoms with Crippen LogP contribution >= 0.6 is 11.8 Å². The first-order valence-corrected chi connectivity index (χ1v) is 8.72. The third-order valence-corrected chi connectivity index (χ3v) is 5.93. The van der Waals surface area contributed by atoms with Gasteiger partial charge in [0.05, 0.1) is 34.9 Å². The number of halogens is 1. The van der Waals surface area contributed by atoms with Crippen LogP contribution in [-0.2, 0) is 9.59 Å². The second kappa shape index (κ2) is 6.11. The van der Waals surface area contributed by atoms with Crippen molar-refractivity contribution in [3.05, 3.63) is 54.2 Å². The lowest BCUT2D eigenvalue weighted by Gasteiger charge is -2.32. The van der Waals surface area contributed by atoms with E-state index in [1.165, 1.54) is 30.5 Å². The zero-order valence-electron chi connectivity index (χ0n) is 13.3. The Labute approximate surface area is 152 Å². The number of anilines is 1. The summed E-state index contributed by atoms with van der Waals surface area (Å²) < 4.78 is 18.6. The highest BCUT2D eigenvalue weighted by atomic mass is 32.2. The SMILES string of the molecule is N#CC1C(=N)S[C@@H]2C(=O)N(c3ccc(F)cc3)C(=O)[C@H]2[C@H]1c1ccco1. The van der Waals surface area contributed by atoms with Gasteiger partial charge in [0.15, 0.2) is 0 Å². The van der Waals surface area contributed by atoms with Gasteiger partial charge in [-0.2, -0.15) is 5.26 Å². The fourth-order valence-electron chi connectivity index (χ4n) is 3.52. The van der Waals surface area contributed by atoms with E-state index in [0.717, 1.165) is 16.7 Å². The van der Waals surface area contributed by atoms with Crippen molar-refractivity contribution in [1.82, 2.24) is 0 Å². The summed E-state index contributed by atoms with van der Waals surface area (Å²) in [5, 5.41) is 16.9. The van der Waals surface area contributed by atoms with Crippen LogP contribution in [0.15, 0.2) is 47.1 Å². The molecule has 4 rings (SSSR count). The average molecular weight is 369 g/mol. The number of nitrogens with zero attached hydrogens (tertiary/aromatic N) is 2. The molecule has 0 radical (unpaired) electrons. The Kier molecular flexibility index (Phi) is 3.89. The number of furan rings is 1. The summed E-state index contributed by atoms with van der Waals surface area (Å²) in [6, 6.07) is 10.4. The monoisotopic (exact) mass is 369 g/mol. The first kappa shape index (κ1) is 16.5. The molecule has 4 atom stereocenters. The summed E-state index contributed by atoms with van der Waals surface area (Å²) in [4.78, 5) is 27.0. The number of rotatable bonds is 2. The van der Waals surface area contributed by atoms with Gasteiger partial charge in [-0.15, -0.1) is 0 Å². The third kappa shape index (κ3) is 2.35. The van der Waals surface area contributed by atoms with E-state index >= 15 is 0 Å². The predicted molar refractivity (Wildman–Crippen MR) is 92.0 cm³/mol. The van der Waals surface area contributed by atoms with Crippen LogP contribution < -0.4 is 4.90 Å². The number of carbonyl (C=O) groups is 2. The Bertz CT molecular complexity index is 936. The smallest absolute Gasteiger partial charge is 0.248 e. The molecular formula is C18H12FN3O3S. The van der Waals surface area contributed by atoms with E-state index in [-0.39, 0.29) is 10.7 Å². The summed E-state index contributed by atoms with van der Waals surface area (Å²) in [6.07, 6.45) is 1.43. The number of nitrogens with one attached hydrogen (secondary N) is 1. The minimum Gasteiger partial charge on any atom is -0.469 e. The van der Waals surface area contributed by atoms with Gasteiger partial charge >= 0.3 is 0 Å². The number of imide groups is 1. The van der Waals surface area contributed by atoms with Crippen LogP contribution in [0.4, 0.5) is 10.1 Å². The lowest BCUT2D eigenvalue weighted by molar-refractivity contribution is -0.122. The maximum atomic E-state index is 13.2. The zero-order valence-corrected chi connectivity index (χ0v) is 14.1. The second-order valence-corrected chi connectivity index (χ2v) is 7.25. The molecule has 0 aliphatic carbocycles. The summed E-state index contributed by atoms with van der Waals surface area (Å²) in [7, 11) is 0. The van der Waals surface area contributed by atoms with E-state index in [1.807, 2.05) is 0 Å². The van der Waals surface area contributed by atoms with Crippen LogP contribution in [0.1, 0.15) is 11.7 Å². The van der Waals surface area contributed by atoms with Gasteiger partial charge in [0.2, 0.25) is 11.8 Å². The van der Waals surface area contributed by atoms with Gasteiger partial charge in [0, 0.05) is 0 Å². The van der Waals surface area contributed by atoms with Crippen molar-refractivity contribution in [1.29, 1.82) is 10.7 Å². The van der Waals surface area contributed by atoms with Gasteiger partial charge in [0.1, 0.15) is 22.7 Å². The van der Waals surface area contributed by atoms with Crippen molar-refractivity contribution >= 4 is 34.3 Å². The van der Waals surface area contributed by atoms with Crippen LogP contribution in [0.5, 0.6) is 0 Å². The van der Waals surface area contributed by atoms with E-state index in [1.54, 1.807) is 12.1 Å². The van der Waals surface area contributed by atoms with Gasteiger partial charge in [-0.25, -0.2) is 9.29 Å². The molecular weight excluding hydrogens is 357 g/mol. The Balaban J connectivity index is 1.80. The maximum absolute atomic E-state index is 13.2. The molecule has 2 aliphatic rings. The standard InChI is InChI=1S/C18H12FN3O3S/c19-9-3-5-10(6-4-9)22-17(23)14-13(12-2-1-7-25-12)11(8-20)16(21)26-15(14)18(22)24/h1-7,11,13-15,21H/t11?,13-,14+,15+/m1/s1. The average Bonchev–Trinajstić information content (AvgIpc) is 3.23. The van der Waals surface area contributed by atoms with Crippen LogP contribution in [0.2, 0.25) is 0 Å². The molecule has 8 heteroatoms. The first-order valence-electron chi connectivity index (χ1n) is 7.84. The van der Waals surface area contributed by atoms with Gasteiger partial charge in [-0.1, -0.05) is 11.8 Å². The largest absolute Gasteiger partial charge is 0.469 e. The van der Waals surface area contributed by atoms with E-state index in [2.05, 4.69) is 6.07 Å². The molecule has 3 heterocycles. The van der Waals surface area contributed by atoms with Crippen molar-refractivity contribution in [2.24, 2.45) is 11.8 Å². The minimum atomic E-state index is -0.864. The van der Waals surface area contributed by atoms with Crippen LogP contribution in [-0.4, -0.2) is 22.1 Å². The van der Waals surface area contributed by atoms with Crippen LogP contribution in [0, 0.1) is 34.4 Å². The number of thioether (sulfide) groups is 1. The summed E-state index contributed by atoms with van der Waals surface area (Å²) >= 11 is 0.937. The Morgan fingerprint density at radius 2 is 1.88 bits per heavy atom. The minimum absolute atomic E-state index is 0.0391. The van der Waals surface area contributed by atoms with E-state index in [0.29, 0.717) is 5.76 Å². The summed E-state index contributed by atoms with van der Waals surface area (Å²) in [5.74, 6) is -3.39. The lowest BCUT2D eigenvalue weighted by Crippen LogP contribution is -2.39. The molecule has 2 aliphatic heterocycles. The van der Waals surface area contributed by atoms with Crippen molar-refractivity contribution in [3.63, 3.8) is 0 Å². The molecule has 2 fully saturated rings. The Morgan fingerprint density at radius 3 is 2.50 bits per heavy atom. The fourth-order valence-corrected chi connectivity index (χ4v) is 4.78. The highest BCUT2D eigenvalue weighted by molar-refractivity contribution is 8.15. The van der Waals surface area contributed by atoms with Crippen LogP contribution in [0.25, 0.3) is 0 Å². The Hall–Kier alpha value is -2.92. The van der Waals surface area contributed by atoms with Crippen molar-refractivity contribution in [2.75, 3.05) is 4.90 Å². The first-order chi connectivity index (χ1) is 12.5. The number of nitriles is 1. The number of fused-ring (bicyclic) bond motifs is 1. The number of carbonyl (C=O) groups excluding carboxylic acids is 2. The molecule has 2 saturated heterocycles. The van der Waals surface area contributed by atoms with E-state index in [9.17, 15) is 19.2 Å². The van der Waals surface area contributed by atoms with Gasteiger partial charge in [-0.05, 0) is 36.4 Å². The van der Waals surface area contributed by atoms with Gasteiger partial charge < -0.3 is 4.42 Å². The molecule has 1 unspecified atom stereocenters. The van der Waals surface area contributed by atoms with Crippen LogP contribution in [0.3, 0.4) is 0 Å². The quantitative estimate of drug-likeness (QED) is 0.821. The fraction of sp³-hybridized carbons (Fsp3) is 0.222. The molecule has 0 bridgehead atoms. The number of hydrogen-bond acceptors (Lipinski definition) is 6. The molecule has 2 amide bonds. The Morgan fingerprint density at radius 1 is 1.15 bits per heavy atom. The molecule has 1 aromatic carbocycles. The maximum Gasteiger partial charge on any atom is 0.248 e. The molecule has 2 aromatic rings. The van der Waals surface area contributed by atoms with Crippen molar-refractivity contribution < 1.29 is 18.4 Å². The molecule has 0 spiro atoms. The normalized spacial score (nSPS) is 28.2. The zero-order chi connectivity index (χ0) is 18.4. The lowest BCUT2D eigenvalue weighted by atomic mass is 9.79. The molecule has 0 saturated carbocycles. The van der Waals surface area contributed by atoms with E-state index in [4.69, 9.17) is 9.83 Å². The molecule has 130 valence electrons. The molecule has 1 N–H and O–H groups in total. The topological polar surface area (TPSA) is 98.2 Å². The molecule has 6 nitrogen and oxygen atoms in total. The van der Waals surface area contributed by atoms with E-state index < -0.39 is 40.6 Å². The van der Waals surface area contributed by atoms with Gasteiger partial charge in [0.25, 0.3) is 0 Å². The molecule has 26 heavy (non-hydrogen) atoms. The number of amides is 2. The van der Waals surface area contributed by atoms with Crippen molar-refractivity contribution in [3.8, 4) is 6.07 Å².